The molecule has 0 aliphatic carbocycles. The molecule has 130 valence electrons. The van der Waals surface area contributed by atoms with E-state index in [4.69, 9.17) is 5.84 Å². The Bertz CT molecular complexity index is 381. The molecule has 0 aliphatic heterocycles. The van der Waals surface area contributed by atoms with Gasteiger partial charge in [0.05, 0.1) is 0 Å². The molecule has 0 aromatic carbocycles. The van der Waals surface area contributed by atoms with Crippen LogP contribution >= 0.6 is 0 Å². The normalized spacial score (nSPS) is 12.3. The lowest BCUT2D eigenvalue weighted by Crippen LogP contribution is -2.29. The minimum absolute atomic E-state index is 0.0964. The molecule has 3 nitrogen and oxygen atoms in total. The molecule has 0 aliphatic rings. The van der Waals surface area contributed by atoms with Gasteiger partial charge in [-0.1, -0.05) is 68.4 Å². The van der Waals surface area contributed by atoms with Gasteiger partial charge >= 0.3 is 0 Å². The van der Waals surface area contributed by atoms with Crippen molar-refractivity contribution in [3.8, 4) is 0 Å². The van der Waals surface area contributed by atoms with Crippen molar-refractivity contribution in [3.63, 3.8) is 0 Å². The van der Waals surface area contributed by atoms with Crippen molar-refractivity contribution in [2.75, 3.05) is 0 Å². The van der Waals surface area contributed by atoms with Gasteiger partial charge in [-0.2, -0.15) is 0 Å². The second-order valence-electron chi connectivity index (χ2n) is 5.55. The van der Waals surface area contributed by atoms with E-state index in [1.54, 1.807) is 0 Å². The number of carbonyl (C=O) groups is 1. The van der Waals surface area contributed by atoms with Crippen molar-refractivity contribution < 1.29 is 4.79 Å². The molecule has 1 amide bonds. The van der Waals surface area contributed by atoms with E-state index in [0.717, 1.165) is 32.1 Å². The molecule has 0 spiro atoms. The molecule has 23 heavy (non-hydrogen) atoms. The fraction of sp³-hybridized carbons (Fsp3) is 0.550. The quantitative estimate of drug-likeness (QED) is 0.153. The molecule has 0 heterocycles. The van der Waals surface area contributed by atoms with Crippen LogP contribution in [0.4, 0.5) is 0 Å². The van der Waals surface area contributed by atoms with E-state index in [2.05, 4.69) is 61.0 Å². The summed E-state index contributed by atoms with van der Waals surface area (Å²) in [6.07, 6.45) is 28.0. The topological polar surface area (TPSA) is 55.1 Å². The van der Waals surface area contributed by atoms with Crippen molar-refractivity contribution in [3.05, 3.63) is 48.6 Å². The zero-order valence-corrected chi connectivity index (χ0v) is 14.7. The average molecular weight is 319 g/mol. The molecule has 0 aromatic heterocycles. The molecule has 0 saturated heterocycles. The Morgan fingerprint density at radius 3 is 1.74 bits per heavy atom. The number of hydrazine groups is 1. The zero-order chi connectivity index (χ0) is 17.0. The summed E-state index contributed by atoms with van der Waals surface area (Å²) < 4.78 is 0. The highest BCUT2D eigenvalue weighted by molar-refractivity contribution is 5.75. The summed E-state index contributed by atoms with van der Waals surface area (Å²) in [4.78, 5) is 10.9. The monoisotopic (exact) mass is 318 g/mol. The first-order valence-corrected chi connectivity index (χ1v) is 8.90. The van der Waals surface area contributed by atoms with Crippen LogP contribution in [0, 0.1) is 0 Å². The SMILES string of the molecule is CCCCC/C=C\C/C=C\C/C=C\C/C=C\CCCC(=O)NN. The number of rotatable bonds is 14. The summed E-state index contributed by atoms with van der Waals surface area (Å²) >= 11 is 0. The summed E-state index contributed by atoms with van der Waals surface area (Å²) in [5, 5.41) is 0. The molecule has 3 N–H and O–H groups in total. The molecule has 0 aromatic rings. The van der Waals surface area contributed by atoms with Crippen LogP contribution in [-0.4, -0.2) is 5.91 Å². The lowest BCUT2D eigenvalue weighted by atomic mass is 10.2. The maximum absolute atomic E-state index is 10.9. The molecule has 0 saturated carbocycles. The predicted molar refractivity (Wildman–Crippen MR) is 101 cm³/mol. The van der Waals surface area contributed by atoms with Gasteiger partial charge in [0, 0.05) is 6.42 Å². The Kier molecular flexibility index (Phi) is 17.1. The Hall–Kier alpha value is -1.61. The third kappa shape index (κ3) is 18.3. The first-order chi connectivity index (χ1) is 11.3. The van der Waals surface area contributed by atoms with E-state index in [1.807, 2.05) is 0 Å². The van der Waals surface area contributed by atoms with Gasteiger partial charge in [0.15, 0.2) is 0 Å². The van der Waals surface area contributed by atoms with E-state index in [0.29, 0.717) is 6.42 Å². The third-order valence-corrected chi connectivity index (χ3v) is 3.39. The van der Waals surface area contributed by atoms with Gasteiger partial charge in [0.1, 0.15) is 0 Å². The van der Waals surface area contributed by atoms with E-state index in [1.165, 1.54) is 25.7 Å². The lowest BCUT2D eigenvalue weighted by Gasteiger charge is -1.95. The first kappa shape index (κ1) is 21.4. The summed E-state index contributed by atoms with van der Waals surface area (Å²) in [5.74, 6) is 4.91. The van der Waals surface area contributed by atoms with Crippen LogP contribution in [0.15, 0.2) is 48.6 Å². The Morgan fingerprint density at radius 1 is 0.783 bits per heavy atom. The predicted octanol–water partition coefficient (Wildman–Crippen LogP) is 5.12. The van der Waals surface area contributed by atoms with E-state index in [-0.39, 0.29) is 5.91 Å². The second kappa shape index (κ2) is 18.4. The molecule has 0 rings (SSSR count). The number of allylic oxidation sites excluding steroid dienone is 8. The Balaban J connectivity index is 3.42. The van der Waals surface area contributed by atoms with Crippen molar-refractivity contribution in [1.29, 1.82) is 0 Å². The van der Waals surface area contributed by atoms with Gasteiger partial charge < -0.3 is 0 Å². The number of carbonyl (C=O) groups excluding carboxylic acids is 1. The van der Waals surface area contributed by atoms with Crippen molar-refractivity contribution >= 4 is 5.91 Å². The summed E-state index contributed by atoms with van der Waals surface area (Å²) in [5.41, 5.74) is 2.13. The summed E-state index contributed by atoms with van der Waals surface area (Å²) in [6.45, 7) is 2.24. The van der Waals surface area contributed by atoms with Crippen LogP contribution in [0.1, 0.15) is 71.1 Å². The minimum atomic E-state index is -0.0964. The second-order valence-corrected chi connectivity index (χ2v) is 5.55. The zero-order valence-electron chi connectivity index (χ0n) is 14.7. The highest BCUT2D eigenvalue weighted by Gasteiger charge is 1.94. The average Bonchev–Trinajstić information content (AvgIpc) is 2.57. The fourth-order valence-electron chi connectivity index (χ4n) is 2.01. The molecule has 0 fully saturated rings. The number of unbranched alkanes of at least 4 members (excludes halogenated alkanes) is 4. The molecule has 3 heteroatoms. The summed E-state index contributed by atoms with van der Waals surface area (Å²) in [7, 11) is 0. The van der Waals surface area contributed by atoms with Gasteiger partial charge in [-0.15, -0.1) is 0 Å². The summed E-state index contributed by atoms with van der Waals surface area (Å²) in [6, 6.07) is 0. The molecule has 0 bridgehead atoms. The number of hydrogen-bond donors (Lipinski definition) is 2. The number of nitrogens with one attached hydrogen (secondary N) is 1. The van der Waals surface area contributed by atoms with Crippen LogP contribution in [0.5, 0.6) is 0 Å². The van der Waals surface area contributed by atoms with Crippen LogP contribution in [0.3, 0.4) is 0 Å². The van der Waals surface area contributed by atoms with E-state index < -0.39 is 0 Å². The highest BCUT2D eigenvalue weighted by Crippen LogP contribution is 2.01. The molecular weight excluding hydrogens is 284 g/mol. The molecule has 0 atom stereocenters. The van der Waals surface area contributed by atoms with E-state index >= 15 is 0 Å². The van der Waals surface area contributed by atoms with Gasteiger partial charge in [0.25, 0.3) is 0 Å². The van der Waals surface area contributed by atoms with Crippen LogP contribution in [-0.2, 0) is 4.79 Å². The van der Waals surface area contributed by atoms with Crippen molar-refractivity contribution in [2.45, 2.75) is 71.1 Å². The van der Waals surface area contributed by atoms with Crippen LogP contribution in [0.2, 0.25) is 0 Å². The Morgan fingerprint density at radius 2 is 1.26 bits per heavy atom. The van der Waals surface area contributed by atoms with Gasteiger partial charge in [-0.05, 0) is 44.9 Å². The highest BCUT2D eigenvalue weighted by atomic mass is 16.2. The molecular formula is C20H34N2O. The lowest BCUT2D eigenvalue weighted by molar-refractivity contribution is -0.121. The van der Waals surface area contributed by atoms with Gasteiger partial charge in [-0.3, -0.25) is 10.2 Å². The van der Waals surface area contributed by atoms with E-state index in [9.17, 15) is 4.79 Å². The fourth-order valence-corrected chi connectivity index (χ4v) is 2.01. The largest absolute Gasteiger partial charge is 0.294 e. The maximum Gasteiger partial charge on any atom is 0.233 e. The smallest absolute Gasteiger partial charge is 0.233 e. The van der Waals surface area contributed by atoms with Gasteiger partial charge in [0.2, 0.25) is 5.91 Å². The van der Waals surface area contributed by atoms with Crippen molar-refractivity contribution in [1.82, 2.24) is 5.43 Å². The van der Waals surface area contributed by atoms with Crippen molar-refractivity contribution in [2.24, 2.45) is 5.84 Å². The standard InChI is InChI=1S/C20H34N2O/c1-2-3-4-5-6-7-8-9-10-11-12-13-14-15-16-17-18-19-20(23)22-21/h6-7,9-10,12-13,15-16H,2-5,8,11,14,17-19,21H2,1H3,(H,22,23)/b7-6-,10-9-,13-12-,16-15-. The number of amides is 1. The minimum Gasteiger partial charge on any atom is -0.294 e. The maximum atomic E-state index is 10.9. The molecule has 0 unspecified atom stereocenters. The van der Waals surface area contributed by atoms with Gasteiger partial charge in [-0.25, -0.2) is 5.84 Å². The first-order valence-electron chi connectivity index (χ1n) is 8.90. The van der Waals surface area contributed by atoms with Crippen LogP contribution < -0.4 is 11.3 Å². The number of nitrogens with two attached hydrogens (primary N) is 1. The third-order valence-electron chi connectivity index (χ3n) is 3.39. The number of hydrogen-bond acceptors (Lipinski definition) is 2. The van der Waals surface area contributed by atoms with Crippen LogP contribution in [0.25, 0.3) is 0 Å². The molecule has 0 radical (unpaired) electrons. The Labute approximate surface area is 142 Å².